The van der Waals surface area contributed by atoms with Crippen LogP contribution in [0.3, 0.4) is 0 Å². The van der Waals surface area contributed by atoms with Crippen molar-refractivity contribution in [2.24, 2.45) is 33.5 Å². The third-order valence-electron chi connectivity index (χ3n) is 17.3. The van der Waals surface area contributed by atoms with Crippen molar-refractivity contribution in [3.8, 4) is 0 Å². The minimum Gasteiger partial charge on any atom is -0.343 e. The molecule has 0 aromatic heterocycles. The highest BCUT2D eigenvalue weighted by Crippen LogP contribution is 2.88. The molecule has 14 heteroatoms. The molecule has 60 heavy (non-hydrogen) atoms. The summed E-state index contributed by atoms with van der Waals surface area (Å²) in [6.45, 7) is 21.2. The molecule has 2 spiro atoms. The largest absolute Gasteiger partial charge is 0.343 e. The van der Waals surface area contributed by atoms with Crippen LogP contribution in [0.5, 0.6) is 0 Å². The van der Waals surface area contributed by atoms with E-state index in [0.717, 1.165) is 77.2 Å². The van der Waals surface area contributed by atoms with Crippen molar-refractivity contribution in [2.45, 2.75) is 199 Å². The fourth-order valence-electron chi connectivity index (χ4n) is 12.7. The summed E-state index contributed by atoms with van der Waals surface area (Å²) in [6, 6.07) is -2.91. The average molecular weight is 855 g/mol. The van der Waals surface area contributed by atoms with E-state index in [1.807, 2.05) is 20.8 Å². The zero-order chi connectivity index (χ0) is 43.8. The third kappa shape index (κ3) is 7.22. The van der Waals surface area contributed by atoms with E-state index in [2.05, 4.69) is 59.8 Å². The number of carbonyl (C=O) groups is 5. The molecule has 0 aromatic carbocycles. The Morgan fingerprint density at radius 3 is 2.00 bits per heavy atom. The van der Waals surface area contributed by atoms with Crippen LogP contribution in [0.25, 0.3) is 0 Å². The van der Waals surface area contributed by atoms with E-state index in [1.165, 1.54) is 0 Å². The number of nitrogens with zero attached hydrogens (tertiary/aromatic N) is 2. The molecule has 336 valence electrons. The van der Waals surface area contributed by atoms with Gasteiger partial charge in [-0.1, -0.05) is 79.7 Å². The van der Waals surface area contributed by atoms with Gasteiger partial charge in [-0.05, 0) is 113 Å². The van der Waals surface area contributed by atoms with Crippen LogP contribution in [0.2, 0.25) is 0 Å². The quantitative estimate of drug-likeness (QED) is 0.175. The van der Waals surface area contributed by atoms with Crippen molar-refractivity contribution in [3.05, 3.63) is 12.7 Å². The first kappa shape index (κ1) is 45.0. The number of sulfonamides is 1. The highest BCUT2D eigenvalue weighted by molar-refractivity contribution is 7.91. The number of carbonyl (C=O) groups excluding carboxylic acids is 5. The average Bonchev–Trinajstić information content (AvgIpc) is 4.12. The summed E-state index contributed by atoms with van der Waals surface area (Å²) in [6.07, 6.45) is 14.0. The van der Waals surface area contributed by atoms with Crippen molar-refractivity contribution < 1.29 is 32.4 Å². The van der Waals surface area contributed by atoms with Gasteiger partial charge in [0.15, 0.2) is 0 Å². The number of likely N-dealkylation sites (tertiary alicyclic amines) is 2. The van der Waals surface area contributed by atoms with Gasteiger partial charge in [-0.15, -0.1) is 6.58 Å². The maximum absolute atomic E-state index is 15.3. The lowest BCUT2D eigenvalue weighted by Crippen LogP contribution is -2.63. The van der Waals surface area contributed by atoms with Gasteiger partial charge < -0.3 is 20.9 Å². The van der Waals surface area contributed by atoms with Crippen LogP contribution in [-0.2, 0) is 34.0 Å². The predicted molar refractivity (Wildman–Crippen MR) is 230 cm³/mol. The highest BCUT2D eigenvalue weighted by Gasteiger charge is 2.85. The molecule has 5 amide bonds. The lowest BCUT2D eigenvalue weighted by atomic mass is 9.73. The fraction of sp³-hybridized carbons (Fsp3) is 0.848. The van der Waals surface area contributed by atoms with Gasteiger partial charge in [0.25, 0.3) is 5.91 Å². The molecular weight excluding hydrogens is 781 g/mol. The maximum Gasteiger partial charge on any atom is 0.259 e. The van der Waals surface area contributed by atoms with E-state index in [-0.39, 0.29) is 58.4 Å². The van der Waals surface area contributed by atoms with Crippen LogP contribution in [0.4, 0.5) is 0 Å². The number of hydrogen-bond acceptors (Lipinski definition) is 8. The van der Waals surface area contributed by atoms with E-state index < -0.39 is 61.6 Å². The fourth-order valence-corrected chi connectivity index (χ4v) is 14.4. The van der Waals surface area contributed by atoms with Crippen LogP contribution in [-0.4, -0.2) is 101 Å². The summed E-state index contributed by atoms with van der Waals surface area (Å²) in [5.41, 5.74) is -2.76. The number of rotatable bonds is 14. The standard InChI is InChI=1S/C46H74N6O7S/c1-10-31-26-46(31,40(57)50-60(58,59)43(11-2)23-24-43)49-37(54)33-27-45(42(8,9)44(45)21-17-22-44)28-52(33)39(56)35(41(5,6)7)48-38(55)34(30-18-13-12-14-19-30)47-36(53)32-20-15-16-25-51(32)29(3)4/h10,29-35H,1,11-28H2,2-9H3,(H,47,53)(H,48,55)(H,49,54)(H,50,57)/t31-,32+,33+,34+,35-,45-,46-/m1/s1. The molecule has 13 nitrogen and oxygen atoms in total. The number of hydrogen-bond donors (Lipinski definition) is 4. The lowest BCUT2D eigenvalue weighted by molar-refractivity contribution is -0.145. The van der Waals surface area contributed by atoms with Crippen LogP contribution < -0.4 is 20.7 Å². The van der Waals surface area contributed by atoms with E-state index in [1.54, 1.807) is 17.9 Å². The van der Waals surface area contributed by atoms with Crippen molar-refractivity contribution >= 4 is 39.6 Å². The summed E-state index contributed by atoms with van der Waals surface area (Å²) in [4.78, 5) is 76.7. The smallest absolute Gasteiger partial charge is 0.259 e. The van der Waals surface area contributed by atoms with E-state index in [4.69, 9.17) is 0 Å². The Labute approximate surface area is 359 Å². The van der Waals surface area contributed by atoms with Crippen LogP contribution in [0, 0.1) is 33.5 Å². The number of piperidine rings is 1. The normalized spacial score (nSPS) is 32.7. The molecule has 0 bridgehead atoms. The molecule has 4 N–H and O–H groups in total. The molecule has 7 atom stereocenters. The van der Waals surface area contributed by atoms with Crippen molar-refractivity contribution in [2.75, 3.05) is 13.1 Å². The summed E-state index contributed by atoms with van der Waals surface area (Å²) in [5, 5.41) is 9.36. The maximum atomic E-state index is 15.3. The minimum atomic E-state index is -3.98. The summed E-state index contributed by atoms with van der Waals surface area (Å²) in [5.74, 6) is -2.70. The number of nitrogens with one attached hydrogen (secondary N) is 4. The van der Waals surface area contributed by atoms with Gasteiger partial charge in [0.1, 0.15) is 23.7 Å². The Kier molecular flexibility index (Phi) is 11.8. The van der Waals surface area contributed by atoms with Gasteiger partial charge in [-0.3, -0.25) is 33.6 Å². The molecule has 7 aliphatic rings. The van der Waals surface area contributed by atoms with Crippen molar-refractivity contribution in [1.29, 1.82) is 0 Å². The highest BCUT2D eigenvalue weighted by atomic mass is 32.2. The van der Waals surface area contributed by atoms with Gasteiger partial charge >= 0.3 is 0 Å². The van der Waals surface area contributed by atoms with Gasteiger partial charge in [-0.2, -0.15) is 0 Å². The van der Waals surface area contributed by atoms with Crippen LogP contribution in [0.1, 0.15) is 158 Å². The van der Waals surface area contributed by atoms with E-state index >= 15 is 4.79 Å². The molecular formula is C46H74N6O7S. The zero-order valence-electron chi connectivity index (χ0n) is 37.7. The van der Waals surface area contributed by atoms with Gasteiger partial charge in [0.2, 0.25) is 33.7 Å². The Morgan fingerprint density at radius 1 is 0.833 bits per heavy atom. The number of amides is 5. The number of fused-ring (bicyclic) bond motifs is 1. The molecule has 2 aliphatic heterocycles. The van der Waals surface area contributed by atoms with Crippen molar-refractivity contribution in [1.82, 2.24) is 30.5 Å². The summed E-state index contributed by atoms with van der Waals surface area (Å²) in [7, 11) is -3.98. The lowest BCUT2D eigenvalue weighted by Gasteiger charge is -2.40. The van der Waals surface area contributed by atoms with Crippen LogP contribution in [0.15, 0.2) is 12.7 Å². The Balaban J connectivity index is 1.16. The minimum absolute atomic E-state index is 0.0154. The molecule has 7 rings (SSSR count). The Bertz CT molecular complexity index is 1860. The predicted octanol–water partition coefficient (Wildman–Crippen LogP) is 5.09. The molecule has 5 saturated carbocycles. The van der Waals surface area contributed by atoms with Gasteiger partial charge in [0.05, 0.1) is 10.8 Å². The van der Waals surface area contributed by atoms with E-state index in [0.29, 0.717) is 32.2 Å². The third-order valence-corrected chi connectivity index (χ3v) is 19.6. The SMILES string of the molecule is C=C[C@@H]1C[C@]1(NC(=O)[C@@H]1C[C@@]2(CN1C(=O)[C@@H](NC(=O)[C@@H](NC(=O)[C@@H]1CCCCN1C(C)C)C1CCCCC1)C(C)(C)C)C(C)(C)C21CCC1)C(=O)NS(=O)(=O)C1(CC)CC1. The second kappa shape index (κ2) is 15.7. The second-order valence-corrected chi connectivity index (χ2v) is 23.9. The Hall–Kier alpha value is -3.00. The van der Waals surface area contributed by atoms with E-state index in [9.17, 15) is 27.6 Å². The molecule has 7 fully saturated rings. The first-order valence-corrected chi connectivity index (χ1v) is 24.7. The Morgan fingerprint density at radius 2 is 1.48 bits per heavy atom. The first-order chi connectivity index (χ1) is 28.1. The van der Waals surface area contributed by atoms with Crippen molar-refractivity contribution in [3.63, 3.8) is 0 Å². The summed E-state index contributed by atoms with van der Waals surface area (Å²) < 4.78 is 28.1. The first-order valence-electron chi connectivity index (χ1n) is 23.3. The topological polar surface area (TPSA) is 174 Å². The molecule has 2 saturated heterocycles. The van der Waals surface area contributed by atoms with Gasteiger partial charge in [-0.25, -0.2) is 8.42 Å². The molecule has 5 aliphatic carbocycles. The van der Waals surface area contributed by atoms with Gasteiger partial charge in [0, 0.05) is 23.9 Å². The summed E-state index contributed by atoms with van der Waals surface area (Å²) >= 11 is 0. The molecule has 0 radical (unpaired) electrons. The molecule has 2 heterocycles. The zero-order valence-corrected chi connectivity index (χ0v) is 38.5. The molecule has 0 aromatic rings. The molecule has 0 unspecified atom stereocenters. The van der Waals surface area contributed by atoms with Crippen LogP contribution >= 0.6 is 0 Å². The second-order valence-electron chi connectivity index (χ2n) is 21.8. The monoisotopic (exact) mass is 855 g/mol.